The molecule has 0 atom stereocenters. The van der Waals surface area contributed by atoms with Crippen molar-refractivity contribution in [2.75, 3.05) is 0 Å². The van der Waals surface area contributed by atoms with Crippen LogP contribution in [-0.4, -0.2) is 0 Å². The van der Waals surface area contributed by atoms with E-state index in [-0.39, 0.29) is 0 Å². The zero-order valence-electron chi connectivity index (χ0n) is 7.92. The van der Waals surface area contributed by atoms with Gasteiger partial charge >= 0.3 is 0 Å². The topological polar surface area (TPSA) is 0 Å². The summed E-state index contributed by atoms with van der Waals surface area (Å²) in [6, 6.07) is 6.60. The van der Waals surface area contributed by atoms with Crippen LogP contribution in [0.4, 0.5) is 0 Å². The van der Waals surface area contributed by atoms with Gasteiger partial charge in [-0.2, -0.15) is 0 Å². The molecule has 1 heterocycles. The van der Waals surface area contributed by atoms with Crippen LogP contribution in [-0.2, 0) is 0 Å². The smallest absolute Gasteiger partial charge is 0.0354 e. The van der Waals surface area contributed by atoms with E-state index in [1.54, 1.807) is 0 Å². The van der Waals surface area contributed by atoms with E-state index in [1.165, 1.54) is 26.1 Å². The van der Waals surface area contributed by atoms with Crippen molar-refractivity contribution in [2.45, 2.75) is 13.8 Å². The molecular formula is C12H12S. The molecule has 0 bridgehead atoms. The average molecular weight is 188 g/mol. The summed E-state index contributed by atoms with van der Waals surface area (Å²) < 4.78 is 1.37. The van der Waals surface area contributed by atoms with Crippen LogP contribution in [0.2, 0.25) is 0 Å². The van der Waals surface area contributed by atoms with Gasteiger partial charge in [0.15, 0.2) is 0 Å². The molecule has 0 aliphatic rings. The molecule has 0 saturated carbocycles. The highest BCUT2D eigenvalue weighted by atomic mass is 32.1. The molecule has 1 aromatic heterocycles. The Bertz CT molecular complexity index is 463. The minimum Gasteiger partial charge on any atom is -0.136 e. The van der Waals surface area contributed by atoms with Crippen LogP contribution in [0.5, 0.6) is 0 Å². The summed E-state index contributed by atoms with van der Waals surface area (Å²) in [6.07, 6.45) is 1.94. The fourth-order valence-electron chi connectivity index (χ4n) is 1.55. The monoisotopic (exact) mass is 188 g/mol. The summed E-state index contributed by atoms with van der Waals surface area (Å²) in [5.74, 6) is 0. The summed E-state index contributed by atoms with van der Waals surface area (Å²) in [7, 11) is 0. The normalized spacial score (nSPS) is 10.6. The molecule has 0 saturated heterocycles. The number of rotatable bonds is 1. The van der Waals surface area contributed by atoms with Crippen molar-refractivity contribution in [2.24, 2.45) is 0 Å². The predicted molar refractivity (Wildman–Crippen MR) is 61.4 cm³/mol. The fourth-order valence-corrected chi connectivity index (χ4v) is 2.71. The first-order chi connectivity index (χ1) is 6.22. The zero-order valence-corrected chi connectivity index (χ0v) is 8.74. The Balaban J connectivity index is 2.83. The molecule has 13 heavy (non-hydrogen) atoms. The lowest BCUT2D eigenvalue weighted by Crippen LogP contribution is -1.72. The van der Waals surface area contributed by atoms with Gasteiger partial charge in [-0.05, 0) is 36.4 Å². The van der Waals surface area contributed by atoms with Crippen molar-refractivity contribution in [1.82, 2.24) is 0 Å². The van der Waals surface area contributed by atoms with Gasteiger partial charge in [-0.1, -0.05) is 24.8 Å². The average Bonchev–Trinajstić information content (AvgIpc) is 2.42. The van der Waals surface area contributed by atoms with Gasteiger partial charge in [0.2, 0.25) is 0 Å². The Morgan fingerprint density at radius 1 is 1.31 bits per heavy atom. The highest BCUT2D eigenvalue weighted by molar-refractivity contribution is 7.20. The molecule has 0 N–H and O–H groups in total. The molecule has 1 aromatic carbocycles. The highest BCUT2D eigenvalue weighted by Gasteiger charge is 2.04. The zero-order chi connectivity index (χ0) is 9.42. The number of fused-ring (bicyclic) bond motifs is 1. The first-order valence-corrected chi connectivity index (χ1v) is 5.16. The van der Waals surface area contributed by atoms with E-state index >= 15 is 0 Å². The summed E-state index contributed by atoms with van der Waals surface area (Å²) in [5, 5.41) is 1.37. The molecule has 0 spiro atoms. The van der Waals surface area contributed by atoms with Crippen molar-refractivity contribution in [1.29, 1.82) is 0 Å². The molecule has 66 valence electrons. The van der Waals surface area contributed by atoms with Gasteiger partial charge in [-0.3, -0.25) is 0 Å². The van der Waals surface area contributed by atoms with E-state index in [9.17, 15) is 0 Å². The second-order valence-electron chi connectivity index (χ2n) is 3.30. The predicted octanol–water partition coefficient (Wildman–Crippen LogP) is 4.16. The summed E-state index contributed by atoms with van der Waals surface area (Å²) >= 11 is 1.82. The molecule has 0 unspecified atom stereocenters. The lowest BCUT2D eigenvalue weighted by Gasteiger charge is -1.93. The third kappa shape index (κ3) is 1.29. The highest BCUT2D eigenvalue weighted by Crippen LogP contribution is 2.31. The molecule has 0 radical (unpaired) electrons. The van der Waals surface area contributed by atoms with Crippen molar-refractivity contribution in [3.8, 4) is 0 Å². The van der Waals surface area contributed by atoms with Crippen LogP contribution in [0.1, 0.15) is 16.0 Å². The molecule has 0 nitrogen and oxygen atoms in total. The van der Waals surface area contributed by atoms with Crippen LogP contribution >= 0.6 is 11.3 Å². The molecular weight excluding hydrogens is 176 g/mol. The molecule has 1 heteroatoms. The van der Waals surface area contributed by atoms with Gasteiger partial charge in [-0.25, -0.2) is 0 Å². The largest absolute Gasteiger partial charge is 0.136 e. The van der Waals surface area contributed by atoms with E-state index in [2.05, 4.69) is 38.6 Å². The number of hydrogen-bond donors (Lipinski definition) is 0. The van der Waals surface area contributed by atoms with E-state index < -0.39 is 0 Å². The van der Waals surface area contributed by atoms with Crippen LogP contribution in [0.25, 0.3) is 16.2 Å². The van der Waals surface area contributed by atoms with Gasteiger partial charge in [0.25, 0.3) is 0 Å². The van der Waals surface area contributed by atoms with Crippen LogP contribution < -0.4 is 0 Å². The van der Waals surface area contributed by atoms with Gasteiger partial charge in [0, 0.05) is 9.58 Å². The Morgan fingerprint density at radius 3 is 2.77 bits per heavy atom. The molecule has 0 aliphatic carbocycles. The molecule has 2 rings (SSSR count). The molecule has 2 aromatic rings. The van der Waals surface area contributed by atoms with Crippen LogP contribution in [0, 0.1) is 13.8 Å². The minimum atomic E-state index is 1.29. The maximum atomic E-state index is 3.82. The lowest BCUT2D eigenvalue weighted by atomic mass is 10.1. The van der Waals surface area contributed by atoms with E-state index in [4.69, 9.17) is 0 Å². The Morgan fingerprint density at radius 2 is 2.08 bits per heavy atom. The van der Waals surface area contributed by atoms with Gasteiger partial charge in [-0.15, -0.1) is 11.3 Å². The van der Waals surface area contributed by atoms with E-state index in [0.717, 1.165) is 0 Å². The van der Waals surface area contributed by atoms with Crippen molar-refractivity contribution >= 4 is 27.5 Å². The molecule has 0 aliphatic heterocycles. The van der Waals surface area contributed by atoms with Gasteiger partial charge < -0.3 is 0 Å². The van der Waals surface area contributed by atoms with Crippen molar-refractivity contribution in [3.63, 3.8) is 0 Å². The number of thiophene rings is 1. The van der Waals surface area contributed by atoms with Crippen LogP contribution in [0.15, 0.2) is 24.8 Å². The number of benzene rings is 1. The van der Waals surface area contributed by atoms with Crippen LogP contribution in [0.3, 0.4) is 0 Å². The van der Waals surface area contributed by atoms with E-state index in [0.29, 0.717) is 0 Å². The Kier molecular flexibility index (Phi) is 1.97. The van der Waals surface area contributed by atoms with Gasteiger partial charge in [0.05, 0.1) is 0 Å². The quantitative estimate of drug-likeness (QED) is 0.630. The first-order valence-electron chi connectivity index (χ1n) is 4.34. The number of aryl methyl sites for hydroxylation is 2. The Hall–Kier alpha value is -1.08. The van der Waals surface area contributed by atoms with E-state index in [1.807, 2.05) is 17.4 Å². The Labute approximate surface area is 82.5 Å². The van der Waals surface area contributed by atoms with Crippen molar-refractivity contribution in [3.05, 3.63) is 40.8 Å². The molecule has 0 fully saturated rings. The second-order valence-corrected chi connectivity index (χ2v) is 4.38. The summed E-state index contributed by atoms with van der Waals surface area (Å²) in [5.41, 5.74) is 2.68. The lowest BCUT2D eigenvalue weighted by molar-refractivity contribution is 1.50. The second kappa shape index (κ2) is 3.00. The molecule has 0 amide bonds. The van der Waals surface area contributed by atoms with Gasteiger partial charge in [0.1, 0.15) is 0 Å². The standard InChI is InChI=1S/C12H12S/c1-4-11-9(3)10-6-5-8(2)7-12(10)13-11/h4-7H,1H2,2-3H3. The summed E-state index contributed by atoms with van der Waals surface area (Å²) in [6.45, 7) is 8.10. The summed E-state index contributed by atoms with van der Waals surface area (Å²) in [4.78, 5) is 1.29. The maximum Gasteiger partial charge on any atom is 0.0354 e. The fraction of sp³-hybridized carbons (Fsp3) is 0.167. The maximum absolute atomic E-state index is 3.82. The first kappa shape index (κ1) is 8.52. The minimum absolute atomic E-state index is 1.29. The van der Waals surface area contributed by atoms with Crippen molar-refractivity contribution < 1.29 is 0 Å². The third-order valence-corrected chi connectivity index (χ3v) is 3.57. The SMILES string of the molecule is C=Cc1sc2cc(C)ccc2c1C. The third-order valence-electron chi connectivity index (χ3n) is 2.32. The number of hydrogen-bond acceptors (Lipinski definition) is 1.